The van der Waals surface area contributed by atoms with Crippen LogP contribution in [0.3, 0.4) is 0 Å². The van der Waals surface area contributed by atoms with Gasteiger partial charge in [-0.1, -0.05) is 6.07 Å². The first kappa shape index (κ1) is 18.9. The van der Waals surface area contributed by atoms with Crippen molar-refractivity contribution in [1.29, 1.82) is 0 Å². The van der Waals surface area contributed by atoms with E-state index < -0.39 is 0 Å². The fraction of sp³-hybridized carbons (Fsp3) is 0.435. The molecule has 1 atom stereocenters. The third-order valence-corrected chi connectivity index (χ3v) is 6.27. The highest BCUT2D eigenvalue weighted by Crippen LogP contribution is 2.33. The minimum Gasteiger partial charge on any atom is -0.399 e. The molecule has 0 bridgehead atoms. The molecule has 3 aromatic rings. The number of nitrogens with two attached hydrogens (primary N) is 1. The van der Waals surface area contributed by atoms with Crippen molar-refractivity contribution in [2.24, 2.45) is 0 Å². The number of fused-ring (bicyclic) bond motifs is 1. The van der Waals surface area contributed by atoms with Gasteiger partial charge in [-0.2, -0.15) is 5.10 Å². The zero-order valence-corrected chi connectivity index (χ0v) is 17.4. The molecule has 1 amide bonds. The molecule has 156 valence electrons. The molecule has 0 aliphatic carbocycles. The number of aryl methyl sites for hydroxylation is 1. The molecule has 2 aliphatic heterocycles. The maximum Gasteiger partial charge on any atom is 0.254 e. The standard InChI is InChI=1S/C23H28N6O/c1-16-15-29-21(25-22(16)27-10-4-5-11-27)14-19(26-29)20-9-2-3-12-28(20)23(30)17-7-6-8-18(24)13-17/h6-8,13-15,20H,2-5,9-12,24H2,1H3. The zero-order valence-electron chi connectivity index (χ0n) is 17.4. The molecule has 2 fully saturated rings. The van der Waals surface area contributed by atoms with Crippen molar-refractivity contribution in [3.05, 3.63) is 53.3 Å². The van der Waals surface area contributed by atoms with E-state index >= 15 is 0 Å². The molecule has 0 saturated carbocycles. The summed E-state index contributed by atoms with van der Waals surface area (Å²) in [6, 6.07) is 9.24. The Balaban J connectivity index is 1.48. The highest BCUT2D eigenvalue weighted by atomic mass is 16.2. The topological polar surface area (TPSA) is 79.8 Å². The molecule has 1 unspecified atom stereocenters. The molecule has 5 rings (SSSR count). The maximum absolute atomic E-state index is 13.2. The number of hydrogen-bond donors (Lipinski definition) is 1. The summed E-state index contributed by atoms with van der Waals surface area (Å²) >= 11 is 0. The van der Waals surface area contributed by atoms with Crippen LogP contribution in [0.25, 0.3) is 5.65 Å². The summed E-state index contributed by atoms with van der Waals surface area (Å²) in [5.41, 5.74) is 10.0. The van der Waals surface area contributed by atoms with Crippen LogP contribution in [0.15, 0.2) is 36.5 Å². The van der Waals surface area contributed by atoms with E-state index in [1.54, 1.807) is 12.1 Å². The van der Waals surface area contributed by atoms with Crippen LogP contribution in [0.4, 0.5) is 11.5 Å². The number of hydrogen-bond acceptors (Lipinski definition) is 5. The van der Waals surface area contributed by atoms with Gasteiger partial charge in [0.1, 0.15) is 5.82 Å². The van der Waals surface area contributed by atoms with Crippen molar-refractivity contribution in [1.82, 2.24) is 19.5 Å². The lowest BCUT2D eigenvalue weighted by Gasteiger charge is -2.34. The normalized spacial score (nSPS) is 19.6. The zero-order chi connectivity index (χ0) is 20.7. The molecule has 30 heavy (non-hydrogen) atoms. The second kappa shape index (κ2) is 7.63. The summed E-state index contributed by atoms with van der Waals surface area (Å²) < 4.78 is 1.86. The summed E-state index contributed by atoms with van der Waals surface area (Å²) in [4.78, 5) is 22.5. The number of nitrogens with zero attached hydrogens (tertiary/aromatic N) is 5. The van der Waals surface area contributed by atoms with Gasteiger partial charge >= 0.3 is 0 Å². The molecule has 7 nitrogen and oxygen atoms in total. The minimum atomic E-state index is -0.0371. The highest BCUT2D eigenvalue weighted by Gasteiger charge is 2.31. The van der Waals surface area contributed by atoms with E-state index in [-0.39, 0.29) is 11.9 Å². The number of anilines is 2. The summed E-state index contributed by atoms with van der Waals surface area (Å²) in [6.45, 7) is 4.96. The molecular formula is C23H28N6O. The van der Waals surface area contributed by atoms with Crippen LogP contribution < -0.4 is 10.6 Å². The van der Waals surface area contributed by atoms with Crippen LogP contribution in [0.5, 0.6) is 0 Å². The molecule has 4 heterocycles. The van der Waals surface area contributed by atoms with Crippen molar-refractivity contribution in [2.45, 2.75) is 45.1 Å². The molecular weight excluding hydrogens is 376 g/mol. The van der Waals surface area contributed by atoms with Crippen LogP contribution in [-0.4, -0.2) is 45.0 Å². The molecule has 2 saturated heterocycles. The van der Waals surface area contributed by atoms with Crippen LogP contribution in [0.1, 0.15) is 59.8 Å². The Morgan fingerprint density at radius 2 is 1.90 bits per heavy atom. The Labute approximate surface area is 176 Å². The van der Waals surface area contributed by atoms with Crippen molar-refractivity contribution >= 4 is 23.1 Å². The lowest BCUT2D eigenvalue weighted by atomic mass is 9.98. The summed E-state index contributed by atoms with van der Waals surface area (Å²) in [6.07, 6.45) is 7.52. The molecule has 2 aliphatic rings. The van der Waals surface area contributed by atoms with E-state index in [1.165, 1.54) is 12.8 Å². The average Bonchev–Trinajstić information content (AvgIpc) is 3.42. The molecule has 0 spiro atoms. The lowest BCUT2D eigenvalue weighted by Crippen LogP contribution is -2.38. The number of aromatic nitrogens is 3. The Bertz CT molecular complexity index is 1080. The van der Waals surface area contributed by atoms with Crippen LogP contribution in [0.2, 0.25) is 0 Å². The summed E-state index contributed by atoms with van der Waals surface area (Å²) in [5.74, 6) is 1.08. The van der Waals surface area contributed by atoms with E-state index in [9.17, 15) is 4.79 Å². The van der Waals surface area contributed by atoms with Gasteiger partial charge in [0.15, 0.2) is 5.65 Å². The lowest BCUT2D eigenvalue weighted by molar-refractivity contribution is 0.0606. The predicted octanol–water partition coefficient (Wildman–Crippen LogP) is 3.59. The van der Waals surface area contributed by atoms with Crippen molar-refractivity contribution in [2.75, 3.05) is 30.3 Å². The second-order valence-electron chi connectivity index (χ2n) is 8.45. The van der Waals surface area contributed by atoms with Gasteiger partial charge in [-0.05, 0) is 57.2 Å². The second-order valence-corrected chi connectivity index (χ2v) is 8.45. The van der Waals surface area contributed by atoms with Crippen molar-refractivity contribution in [3.8, 4) is 0 Å². The van der Waals surface area contributed by atoms with Gasteiger partial charge in [0, 0.05) is 48.7 Å². The first-order valence-electron chi connectivity index (χ1n) is 10.9. The predicted molar refractivity (Wildman–Crippen MR) is 118 cm³/mol. The van der Waals surface area contributed by atoms with E-state index in [4.69, 9.17) is 15.8 Å². The summed E-state index contributed by atoms with van der Waals surface area (Å²) in [5, 5.41) is 4.83. The van der Waals surface area contributed by atoms with Crippen molar-refractivity contribution < 1.29 is 4.79 Å². The Kier molecular flexibility index (Phi) is 4.81. The first-order valence-corrected chi connectivity index (χ1v) is 10.9. The fourth-order valence-electron chi connectivity index (χ4n) is 4.75. The van der Waals surface area contributed by atoms with Gasteiger partial charge < -0.3 is 15.5 Å². The number of likely N-dealkylation sites (tertiary alicyclic amines) is 1. The highest BCUT2D eigenvalue weighted by molar-refractivity contribution is 5.95. The fourth-order valence-corrected chi connectivity index (χ4v) is 4.75. The monoisotopic (exact) mass is 404 g/mol. The number of amides is 1. The molecule has 2 aromatic heterocycles. The maximum atomic E-state index is 13.2. The number of piperidine rings is 1. The number of carbonyl (C=O) groups is 1. The Morgan fingerprint density at radius 1 is 1.10 bits per heavy atom. The average molecular weight is 405 g/mol. The number of benzene rings is 1. The first-order chi connectivity index (χ1) is 14.6. The quantitative estimate of drug-likeness (QED) is 0.675. The minimum absolute atomic E-state index is 0.0194. The van der Waals surface area contributed by atoms with Crippen LogP contribution in [-0.2, 0) is 0 Å². The van der Waals surface area contributed by atoms with Gasteiger partial charge in [-0.3, -0.25) is 4.79 Å². The van der Waals surface area contributed by atoms with E-state index in [2.05, 4.69) is 24.1 Å². The Morgan fingerprint density at radius 3 is 2.70 bits per heavy atom. The summed E-state index contributed by atoms with van der Waals surface area (Å²) in [7, 11) is 0. The Hall–Kier alpha value is -3.09. The van der Waals surface area contributed by atoms with Crippen LogP contribution >= 0.6 is 0 Å². The van der Waals surface area contributed by atoms with Gasteiger partial charge in [0.25, 0.3) is 5.91 Å². The van der Waals surface area contributed by atoms with Gasteiger partial charge in [-0.25, -0.2) is 9.50 Å². The largest absolute Gasteiger partial charge is 0.399 e. The van der Waals surface area contributed by atoms with E-state index in [0.29, 0.717) is 11.3 Å². The number of rotatable bonds is 3. The number of carbonyl (C=O) groups excluding carboxylic acids is 1. The molecule has 7 heteroatoms. The third kappa shape index (κ3) is 3.38. The molecule has 0 radical (unpaired) electrons. The van der Waals surface area contributed by atoms with Gasteiger partial charge in [0.2, 0.25) is 0 Å². The van der Waals surface area contributed by atoms with Gasteiger partial charge in [0.05, 0.1) is 11.7 Å². The number of nitrogen functional groups attached to an aromatic ring is 1. The van der Waals surface area contributed by atoms with E-state index in [1.807, 2.05) is 21.5 Å². The third-order valence-electron chi connectivity index (χ3n) is 6.27. The van der Waals surface area contributed by atoms with Crippen molar-refractivity contribution in [3.63, 3.8) is 0 Å². The smallest absolute Gasteiger partial charge is 0.254 e. The van der Waals surface area contributed by atoms with Gasteiger partial charge in [-0.15, -0.1) is 0 Å². The molecule has 1 aromatic carbocycles. The van der Waals surface area contributed by atoms with E-state index in [0.717, 1.165) is 61.6 Å². The molecule has 2 N–H and O–H groups in total. The SMILES string of the molecule is Cc1cn2nc(C3CCCCN3C(=O)c3cccc(N)c3)cc2nc1N1CCCC1. The van der Waals surface area contributed by atoms with Crippen LogP contribution in [0, 0.1) is 6.92 Å².